The third-order valence-corrected chi connectivity index (χ3v) is 12.2. The number of hydrogen-bond acceptors (Lipinski definition) is 18. The number of hydrogen-bond donors (Lipinski definition) is 8. The molecule has 22 nitrogen and oxygen atoms in total. The Morgan fingerprint density at radius 3 is 1.76 bits per heavy atom. The van der Waals surface area contributed by atoms with Crippen LogP contribution in [0.1, 0.15) is 0 Å². The Morgan fingerprint density at radius 1 is 0.559 bits per heavy atom. The van der Waals surface area contributed by atoms with E-state index in [1.54, 1.807) is 0 Å². The Hall–Kier alpha value is -5.39. The topological polar surface area (TPSA) is 365 Å². The van der Waals surface area contributed by atoms with Crippen LogP contribution in [0.3, 0.4) is 0 Å². The number of aromatic nitrogens is 2. The summed E-state index contributed by atoms with van der Waals surface area (Å²) in [6, 6.07) is 9.21. The van der Waals surface area contributed by atoms with Gasteiger partial charge in [-0.2, -0.15) is 43.8 Å². The van der Waals surface area contributed by atoms with Crippen molar-refractivity contribution in [3.05, 3.63) is 76.1 Å². The molecular weight excluding hydrogens is 933 g/mol. The molecule has 8 N–H and O–H groups in total. The van der Waals surface area contributed by atoms with E-state index in [9.17, 15) is 67.2 Å². The molecule has 1 aromatic heterocycles. The highest BCUT2D eigenvalue weighted by Crippen LogP contribution is 2.48. The maximum atomic E-state index is 12.6. The molecule has 0 atom stereocenters. The molecule has 6 rings (SSSR count). The van der Waals surface area contributed by atoms with Crippen molar-refractivity contribution in [2.75, 3.05) is 5.32 Å². The first kappa shape index (κ1) is 43.2. The van der Waals surface area contributed by atoms with Crippen LogP contribution in [0.25, 0.3) is 21.5 Å². The number of nitrogens with one attached hydrogen (secondary N) is 1. The van der Waals surface area contributed by atoms with E-state index < -0.39 is 111 Å². The van der Waals surface area contributed by atoms with E-state index in [0.717, 1.165) is 12.1 Å². The smallest absolute Gasteiger partial charge is 0.296 e. The van der Waals surface area contributed by atoms with Crippen molar-refractivity contribution in [1.82, 2.24) is 9.97 Å². The van der Waals surface area contributed by atoms with Crippen molar-refractivity contribution in [3.8, 4) is 17.2 Å². The van der Waals surface area contributed by atoms with Crippen LogP contribution in [-0.2, 0) is 40.5 Å². The van der Waals surface area contributed by atoms with Crippen molar-refractivity contribution in [1.29, 1.82) is 0 Å². The Labute approximate surface area is 345 Å². The van der Waals surface area contributed by atoms with Gasteiger partial charge in [0.05, 0.1) is 10.6 Å². The summed E-state index contributed by atoms with van der Waals surface area (Å²) in [5, 5.41) is 47.5. The summed E-state index contributed by atoms with van der Waals surface area (Å²) in [7, 11) is -21.6. The van der Waals surface area contributed by atoms with Crippen LogP contribution < -0.4 is 5.32 Å². The van der Waals surface area contributed by atoms with Crippen LogP contribution in [0.5, 0.6) is 17.2 Å². The molecule has 5 aromatic carbocycles. The predicted octanol–water partition coefficient (Wildman–Crippen LogP) is 7.42. The lowest BCUT2D eigenvalue weighted by atomic mass is 10.1. The number of benzene rings is 5. The Balaban J connectivity index is 1.47. The second-order valence-electron chi connectivity index (χ2n) is 11.6. The third-order valence-electron chi connectivity index (χ3n) is 7.84. The van der Waals surface area contributed by atoms with Crippen molar-refractivity contribution in [3.63, 3.8) is 0 Å². The minimum Gasteiger partial charge on any atom is -0.506 e. The van der Waals surface area contributed by atoms with Gasteiger partial charge >= 0.3 is 0 Å². The summed E-state index contributed by atoms with van der Waals surface area (Å²) < 4.78 is 138. The average Bonchev–Trinajstić information content (AvgIpc) is 3.12. The van der Waals surface area contributed by atoms with Crippen LogP contribution in [-0.4, -0.2) is 77.2 Å². The Bertz CT molecular complexity index is 3320. The lowest BCUT2D eigenvalue weighted by Crippen LogP contribution is -2.07. The van der Waals surface area contributed by atoms with Gasteiger partial charge in [0, 0.05) is 27.2 Å². The van der Waals surface area contributed by atoms with Gasteiger partial charge in [0.1, 0.15) is 42.5 Å². The monoisotopic (exact) mass is 949 g/mol. The average molecular weight is 951 g/mol. The maximum absolute atomic E-state index is 12.6. The number of azo groups is 2. The molecule has 0 fully saturated rings. The van der Waals surface area contributed by atoms with E-state index in [4.69, 9.17) is 34.8 Å². The molecule has 0 aliphatic rings. The fourth-order valence-corrected chi connectivity index (χ4v) is 8.51. The van der Waals surface area contributed by atoms with Gasteiger partial charge in [-0.3, -0.25) is 18.2 Å². The minimum absolute atomic E-state index is 0.0335. The Morgan fingerprint density at radius 2 is 1.17 bits per heavy atom. The molecular formula is C30H18Cl3N7O15S4. The highest BCUT2D eigenvalue weighted by atomic mass is 35.5. The maximum Gasteiger partial charge on any atom is 0.296 e. The first-order valence-electron chi connectivity index (χ1n) is 15.1. The van der Waals surface area contributed by atoms with E-state index in [1.807, 2.05) is 0 Å². The van der Waals surface area contributed by atoms with Crippen LogP contribution in [0.2, 0.25) is 15.5 Å². The molecule has 308 valence electrons. The molecule has 1 heterocycles. The molecule has 0 aliphatic carbocycles. The van der Waals surface area contributed by atoms with Crippen molar-refractivity contribution in [2.45, 2.75) is 19.6 Å². The van der Waals surface area contributed by atoms with E-state index >= 15 is 0 Å². The number of rotatable bonds is 10. The molecule has 0 bridgehead atoms. The molecule has 0 saturated carbocycles. The summed E-state index contributed by atoms with van der Waals surface area (Å²) in [6.45, 7) is 0. The number of halogens is 3. The van der Waals surface area contributed by atoms with Gasteiger partial charge in [0.2, 0.25) is 5.28 Å². The molecule has 6 aromatic rings. The summed E-state index contributed by atoms with van der Waals surface area (Å²) in [5.41, 5.74) is -2.09. The van der Waals surface area contributed by atoms with Crippen LogP contribution >= 0.6 is 34.8 Å². The van der Waals surface area contributed by atoms with E-state index in [-0.39, 0.29) is 38.4 Å². The quantitative estimate of drug-likeness (QED) is 0.0286. The number of fused-ring (bicyclic) bond motifs is 2. The van der Waals surface area contributed by atoms with E-state index in [0.29, 0.717) is 23.9 Å². The van der Waals surface area contributed by atoms with Crippen LogP contribution in [0.15, 0.2) is 101 Å². The van der Waals surface area contributed by atoms with Gasteiger partial charge in [0.25, 0.3) is 40.5 Å². The van der Waals surface area contributed by atoms with Crippen molar-refractivity contribution in [2.24, 2.45) is 20.5 Å². The number of phenols is 3. The summed E-state index contributed by atoms with van der Waals surface area (Å²) in [6.07, 6.45) is 0. The molecule has 59 heavy (non-hydrogen) atoms. The molecule has 0 saturated heterocycles. The first-order chi connectivity index (χ1) is 27.3. The molecule has 0 radical (unpaired) electrons. The zero-order chi connectivity index (χ0) is 43.6. The predicted molar refractivity (Wildman–Crippen MR) is 207 cm³/mol. The first-order valence-corrected chi connectivity index (χ1v) is 22.0. The van der Waals surface area contributed by atoms with Gasteiger partial charge in [0.15, 0.2) is 22.5 Å². The second-order valence-corrected chi connectivity index (χ2v) is 18.3. The van der Waals surface area contributed by atoms with E-state index in [1.165, 1.54) is 24.3 Å². The summed E-state index contributed by atoms with van der Waals surface area (Å²) in [4.78, 5) is 2.47. The number of aromatic hydroxyl groups is 3. The third kappa shape index (κ3) is 8.82. The molecule has 0 amide bonds. The zero-order valence-electron chi connectivity index (χ0n) is 28.1. The lowest BCUT2D eigenvalue weighted by molar-refractivity contribution is 0.470. The molecule has 0 aliphatic heterocycles. The van der Waals surface area contributed by atoms with Gasteiger partial charge in [-0.25, -0.2) is 4.98 Å². The highest BCUT2D eigenvalue weighted by Gasteiger charge is 2.29. The molecule has 29 heteroatoms. The fraction of sp³-hybridized carbons (Fsp3) is 0. The normalized spacial score (nSPS) is 12.9. The number of anilines is 2. The van der Waals surface area contributed by atoms with Crippen molar-refractivity contribution >= 4 is 131 Å². The highest BCUT2D eigenvalue weighted by molar-refractivity contribution is 7.87. The summed E-state index contributed by atoms with van der Waals surface area (Å²) >= 11 is 17.8. The van der Waals surface area contributed by atoms with Crippen LogP contribution in [0, 0.1) is 0 Å². The van der Waals surface area contributed by atoms with Crippen LogP contribution in [0.4, 0.5) is 34.3 Å². The standard InChI is InChI=1S/C30H18Cl3N7O15S4/c31-23-28(32)35-30(33)36-29(23)34-11-1-3-12(4-2-11)37-40-25-21(59(53,54)55)9-15-14(26(25)42)5-6-18(41)24(15)39-38-17-10-19(57(47,48)49)16-7-13(56(44,45)46)8-20(58(50,51)52)22(16)27(17)43/h1-10,41-43H,(H,34,35,36)(H,44,45,46)(H,47,48,49)(H,50,51,52)(H,53,54,55). The number of phenolic OH excluding ortho intramolecular Hbond substituents is 3. The van der Waals surface area contributed by atoms with Crippen molar-refractivity contribution < 1.29 is 67.2 Å². The minimum atomic E-state index is -5.55. The largest absolute Gasteiger partial charge is 0.506 e. The molecule has 0 spiro atoms. The zero-order valence-corrected chi connectivity index (χ0v) is 33.7. The second kappa shape index (κ2) is 15.3. The fourth-order valence-electron chi connectivity index (χ4n) is 5.30. The lowest BCUT2D eigenvalue weighted by Gasteiger charge is -2.13. The van der Waals surface area contributed by atoms with Gasteiger partial charge in [-0.05, 0) is 72.3 Å². The number of nitrogens with zero attached hydrogens (tertiary/aromatic N) is 6. The van der Waals surface area contributed by atoms with Gasteiger partial charge in [-0.1, -0.05) is 23.2 Å². The molecule has 0 unspecified atom stereocenters. The summed E-state index contributed by atoms with van der Waals surface area (Å²) in [5.74, 6) is -3.01. The van der Waals surface area contributed by atoms with E-state index in [2.05, 4.69) is 35.7 Å². The Kier molecular flexibility index (Phi) is 11.2. The van der Waals surface area contributed by atoms with Gasteiger partial charge in [-0.15, -0.1) is 15.3 Å². The SMILES string of the molecule is O=S(=O)(O)c1cc(S(=O)(=O)O)c2c(O)c(N=Nc3c(O)ccc4c(O)c(N=Nc5ccc(Nc6nc(Cl)nc(Cl)c6Cl)cc5)c(S(=O)(=O)O)cc34)cc(S(=O)(=O)O)c2c1. The van der Waals surface area contributed by atoms with Gasteiger partial charge < -0.3 is 20.6 Å².